The van der Waals surface area contributed by atoms with Gasteiger partial charge in [0.1, 0.15) is 5.71 Å². The van der Waals surface area contributed by atoms with Gasteiger partial charge < -0.3 is 15.3 Å². The molecule has 14 heteroatoms. The van der Waals surface area contributed by atoms with Crippen LogP contribution in [0.15, 0.2) is 29.7 Å². The summed E-state index contributed by atoms with van der Waals surface area (Å²) in [4.78, 5) is 30.8. The van der Waals surface area contributed by atoms with Crippen molar-refractivity contribution >= 4 is 33.3 Å². The van der Waals surface area contributed by atoms with Crippen LogP contribution in [-0.4, -0.2) is 71.0 Å². The van der Waals surface area contributed by atoms with Gasteiger partial charge >= 0.3 is 12.1 Å². The van der Waals surface area contributed by atoms with Gasteiger partial charge in [0.15, 0.2) is 5.60 Å². The van der Waals surface area contributed by atoms with E-state index < -0.39 is 27.8 Å². The van der Waals surface area contributed by atoms with E-state index in [0.717, 1.165) is 6.42 Å². The number of amides is 1. The third-order valence-electron chi connectivity index (χ3n) is 4.92. The Morgan fingerprint density at radius 3 is 2.64 bits per heavy atom. The number of unbranched alkanes of at least 4 members (excludes halogenated alkanes) is 1. The van der Waals surface area contributed by atoms with E-state index in [9.17, 15) is 26.4 Å². The van der Waals surface area contributed by atoms with E-state index in [2.05, 4.69) is 15.5 Å². The van der Waals surface area contributed by atoms with Crippen molar-refractivity contribution in [1.82, 2.24) is 9.29 Å². The number of sulfonamides is 1. The fraction of sp³-hybridized carbons (Fsp3) is 0.579. The molecule has 1 saturated heterocycles. The summed E-state index contributed by atoms with van der Waals surface area (Å²) in [5, 5.41) is 13.8. The van der Waals surface area contributed by atoms with Crippen LogP contribution in [0.5, 0.6) is 0 Å². The minimum absolute atomic E-state index is 0.148. The average Bonchev–Trinajstić information content (AvgIpc) is 3.16. The molecule has 1 spiro atoms. The van der Waals surface area contributed by atoms with E-state index in [0.29, 0.717) is 37.9 Å². The first-order valence-electron chi connectivity index (χ1n) is 10.1. The van der Waals surface area contributed by atoms with Crippen molar-refractivity contribution < 1.29 is 41.1 Å². The lowest BCUT2D eigenvalue weighted by atomic mass is 9.89. The number of alkyl halides is 3. The molecule has 1 fully saturated rings. The highest BCUT2D eigenvalue weighted by Gasteiger charge is 2.46. The van der Waals surface area contributed by atoms with E-state index in [1.165, 1.54) is 4.31 Å². The topological polar surface area (TPSA) is 138 Å². The Hall–Kier alpha value is -2.74. The van der Waals surface area contributed by atoms with Crippen molar-refractivity contribution in [3.05, 3.63) is 24.5 Å². The van der Waals surface area contributed by atoms with E-state index in [1.54, 1.807) is 24.5 Å². The van der Waals surface area contributed by atoms with Crippen molar-refractivity contribution in [1.29, 1.82) is 0 Å². The predicted molar refractivity (Wildman–Crippen MR) is 112 cm³/mol. The predicted octanol–water partition coefficient (Wildman–Crippen LogP) is 2.39. The molecule has 1 aromatic heterocycles. The van der Waals surface area contributed by atoms with Crippen LogP contribution in [0.1, 0.15) is 39.0 Å². The molecule has 2 aliphatic rings. The number of halogens is 3. The molecule has 1 amide bonds. The van der Waals surface area contributed by atoms with Crippen molar-refractivity contribution in [2.24, 2.45) is 5.16 Å². The number of nitrogens with one attached hydrogen (secondary N) is 1. The number of pyridine rings is 1. The second-order valence-electron chi connectivity index (χ2n) is 7.59. The number of anilines is 1. The van der Waals surface area contributed by atoms with E-state index >= 15 is 0 Å². The van der Waals surface area contributed by atoms with Gasteiger partial charge in [-0.05, 0) is 31.4 Å². The van der Waals surface area contributed by atoms with Crippen LogP contribution in [0.4, 0.5) is 18.9 Å². The lowest BCUT2D eigenvalue weighted by Gasteiger charge is -2.37. The van der Waals surface area contributed by atoms with Crippen LogP contribution in [0.2, 0.25) is 0 Å². The normalized spacial score (nSPS) is 20.9. The number of rotatable bonds is 6. The lowest BCUT2D eigenvalue weighted by Crippen LogP contribution is -2.51. The van der Waals surface area contributed by atoms with Gasteiger partial charge in [0.2, 0.25) is 10.0 Å². The standard InChI is InChI=1S/C17H24N4O4S.C2HF3O2/c1-2-3-10-26(23,24)21-9-5-7-17(13-21)11-15(20-25-17)16(22)19-14-6-4-8-18-12-14;3-2(4,5)1(6)7/h4,6,8,12H,2-3,5,7,9-11,13H2,1H3,(H,19,22);(H,6,7). The van der Waals surface area contributed by atoms with Gasteiger partial charge in [0.25, 0.3) is 5.91 Å². The van der Waals surface area contributed by atoms with Gasteiger partial charge in [-0.25, -0.2) is 13.2 Å². The minimum Gasteiger partial charge on any atom is -0.475 e. The number of hydrogen-bond donors (Lipinski definition) is 2. The van der Waals surface area contributed by atoms with E-state index in [1.807, 2.05) is 6.92 Å². The van der Waals surface area contributed by atoms with Crippen molar-refractivity contribution in [3.63, 3.8) is 0 Å². The molecule has 33 heavy (non-hydrogen) atoms. The third-order valence-corrected chi connectivity index (χ3v) is 6.82. The molecule has 0 aromatic carbocycles. The Bertz CT molecular complexity index is 971. The molecule has 3 heterocycles. The molecular formula is C19H25F3N4O6S. The first-order chi connectivity index (χ1) is 15.4. The highest BCUT2D eigenvalue weighted by Crippen LogP contribution is 2.34. The van der Waals surface area contributed by atoms with Gasteiger partial charge in [-0.1, -0.05) is 18.5 Å². The SMILES string of the molecule is CCCCS(=O)(=O)N1CCCC2(CC(C(=O)Nc3cccnc3)=NO2)C1.O=C(O)C(F)(F)F. The summed E-state index contributed by atoms with van der Waals surface area (Å²) in [6, 6.07) is 3.46. The lowest BCUT2D eigenvalue weighted by molar-refractivity contribution is -0.192. The second kappa shape index (κ2) is 10.9. The van der Waals surface area contributed by atoms with Gasteiger partial charge in [-0.3, -0.25) is 9.78 Å². The zero-order valence-corrected chi connectivity index (χ0v) is 18.7. The molecule has 2 N–H and O–H groups in total. The molecule has 10 nitrogen and oxygen atoms in total. The quantitative estimate of drug-likeness (QED) is 0.619. The number of carboxylic acid groups (broad SMARTS) is 1. The first kappa shape index (κ1) is 26.5. The number of carbonyl (C=O) groups excluding carboxylic acids is 1. The van der Waals surface area contributed by atoms with Crippen LogP contribution in [0.25, 0.3) is 0 Å². The Morgan fingerprint density at radius 1 is 1.36 bits per heavy atom. The maximum atomic E-state index is 12.5. The summed E-state index contributed by atoms with van der Waals surface area (Å²) >= 11 is 0. The Morgan fingerprint density at radius 2 is 2.06 bits per heavy atom. The molecular weight excluding hydrogens is 469 g/mol. The van der Waals surface area contributed by atoms with Gasteiger partial charge in [-0.2, -0.15) is 17.5 Å². The highest BCUT2D eigenvalue weighted by atomic mass is 32.2. The average molecular weight is 494 g/mol. The van der Waals surface area contributed by atoms with Crippen LogP contribution >= 0.6 is 0 Å². The molecule has 184 valence electrons. The van der Waals surface area contributed by atoms with E-state index in [-0.39, 0.29) is 23.9 Å². The number of carboxylic acids is 1. The fourth-order valence-electron chi connectivity index (χ4n) is 3.25. The van der Waals surface area contributed by atoms with Crippen LogP contribution in [0, 0.1) is 0 Å². The van der Waals surface area contributed by atoms with Crippen LogP contribution in [0.3, 0.4) is 0 Å². The van der Waals surface area contributed by atoms with E-state index in [4.69, 9.17) is 14.7 Å². The number of oxime groups is 1. The van der Waals surface area contributed by atoms with Crippen molar-refractivity contribution in [3.8, 4) is 0 Å². The molecule has 1 atom stereocenters. The van der Waals surface area contributed by atoms with Gasteiger partial charge in [-0.15, -0.1) is 0 Å². The summed E-state index contributed by atoms with van der Waals surface area (Å²) in [7, 11) is -3.30. The Kier molecular flexibility index (Phi) is 8.77. The van der Waals surface area contributed by atoms with Gasteiger partial charge in [0, 0.05) is 19.2 Å². The molecule has 0 saturated carbocycles. The molecule has 0 aliphatic carbocycles. The molecule has 1 unspecified atom stereocenters. The minimum atomic E-state index is -5.08. The summed E-state index contributed by atoms with van der Waals surface area (Å²) in [5.74, 6) is -2.96. The summed E-state index contributed by atoms with van der Waals surface area (Å²) < 4.78 is 58.2. The van der Waals surface area contributed by atoms with Crippen molar-refractivity contribution in [2.75, 3.05) is 24.2 Å². The third kappa shape index (κ3) is 7.67. The monoisotopic (exact) mass is 494 g/mol. The molecule has 2 aliphatic heterocycles. The number of carbonyl (C=O) groups is 2. The maximum absolute atomic E-state index is 12.5. The van der Waals surface area contributed by atoms with Crippen LogP contribution in [-0.2, 0) is 24.4 Å². The van der Waals surface area contributed by atoms with Gasteiger partial charge in [0.05, 0.1) is 24.2 Å². The maximum Gasteiger partial charge on any atom is 0.490 e. The number of aromatic nitrogens is 1. The van der Waals surface area contributed by atoms with Crippen molar-refractivity contribution in [2.45, 2.75) is 50.8 Å². The smallest absolute Gasteiger partial charge is 0.475 e. The number of hydrogen-bond acceptors (Lipinski definition) is 7. The summed E-state index contributed by atoms with van der Waals surface area (Å²) in [5.41, 5.74) is 0.120. The summed E-state index contributed by atoms with van der Waals surface area (Å²) in [6.07, 6.45) is 1.23. The zero-order chi connectivity index (χ0) is 24.7. The number of aliphatic carboxylic acids is 1. The second-order valence-corrected chi connectivity index (χ2v) is 9.68. The number of piperidine rings is 1. The zero-order valence-electron chi connectivity index (χ0n) is 17.8. The van der Waals surface area contributed by atoms with Crippen LogP contribution < -0.4 is 5.32 Å². The largest absolute Gasteiger partial charge is 0.490 e. The number of nitrogens with zero attached hydrogens (tertiary/aromatic N) is 3. The molecule has 0 bridgehead atoms. The summed E-state index contributed by atoms with van der Waals surface area (Å²) in [6.45, 7) is 2.70. The Labute approximate surface area is 188 Å². The molecule has 1 aromatic rings. The first-order valence-corrected chi connectivity index (χ1v) is 11.7. The fourth-order valence-corrected chi connectivity index (χ4v) is 5.00. The molecule has 3 rings (SSSR count). The molecule has 0 radical (unpaired) electrons. The highest BCUT2D eigenvalue weighted by molar-refractivity contribution is 7.89. The Balaban J connectivity index is 0.000000479.